The van der Waals surface area contributed by atoms with Crippen molar-refractivity contribution >= 4 is 5.91 Å². The number of nitrogens with zero attached hydrogens (tertiary/aromatic N) is 2. The van der Waals surface area contributed by atoms with Crippen molar-refractivity contribution in [1.82, 2.24) is 9.47 Å². The predicted octanol–water partition coefficient (Wildman–Crippen LogP) is 4.60. The van der Waals surface area contributed by atoms with E-state index in [0.717, 1.165) is 12.2 Å². The van der Waals surface area contributed by atoms with Gasteiger partial charge in [-0.2, -0.15) is 0 Å². The van der Waals surface area contributed by atoms with Crippen LogP contribution in [0.4, 0.5) is 0 Å². The Morgan fingerprint density at radius 3 is 2.41 bits per heavy atom. The van der Waals surface area contributed by atoms with Gasteiger partial charge >= 0.3 is 0 Å². The molecule has 0 unspecified atom stereocenters. The molecule has 152 valence electrons. The van der Waals surface area contributed by atoms with Crippen LogP contribution >= 0.6 is 0 Å². The van der Waals surface area contributed by atoms with Gasteiger partial charge < -0.3 is 18.9 Å². The average molecular weight is 392 g/mol. The molecule has 0 aliphatic carbocycles. The number of methoxy groups -OCH3 is 2. The van der Waals surface area contributed by atoms with Crippen molar-refractivity contribution in [2.75, 3.05) is 14.2 Å². The van der Waals surface area contributed by atoms with Gasteiger partial charge in [0, 0.05) is 30.5 Å². The van der Waals surface area contributed by atoms with Crippen LogP contribution in [0.25, 0.3) is 0 Å². The van der Waals surface area contributed by atoms with Crippen LogP contribution in [0.5, 0.6) is 11.5 Å². The highest BCUT2D eigenvalue weighted by Crippen LogP contribution is 2.27. The zero-order valence-electron chi connectivity index (χ0n) is 17.5. The van der Waals surface area contributed by atoms with E-state index >= 15 is 0 Å². The smallest absolute Gasteiger partial charge is 0.258 e. The zero-order chi connectivity index (χ0) is 20.8. The largest absolute Gasteiger partial charge is 0.497 e. The maximum Gasteiger partial charge on any atom is 0.258 e. The van der Waals surface area contributed by atoms with Crippen LogP contribution < -0.4 is 9.47 Å². The Kier molecular flexibility index (Phi) is 6.60. The van der Waals surface area contributed by atoms with Crippen molar-refractivity contribution in [3.05, 3.63) is 83.7 Å². The zero-order valence-corrected chi connectivity index (χ0v) is 17.5. The predicted molar refractivity (Wildman–Crippen MR) is 115 cm³/mol. The van der Waals surface area contributed by atoms with Gasteiger partial charge in [-0.05, 0) is 43.7 Å². The Bertz CT molecular complexity index is 948. The summed E-state index contributed by atoms with van der Waals surface area (Å²) >= 11 is 0. The minimum absolute atomic E-state index is 0.0365. The van der Waals surface area contributed by atoms with E-state index < -0.39 is 0 Å². The van der Waals surface area contributed by atoms with Crippen LogP contribution in [0.1, 0.15) is 35.5 Å². The summed E-state index contributed by atoms with van der Waals surface area (Å²) in [4.78, 5) is 15.2. The first-order valence-corrected chi connectivity index (χ1v) is 9.74. The highest BCUT2D eigenvalue weighted by Gasteiger charge is 2.23. The van der Waals surface area contributed by atoms with Gasteiger partial charge in [-0.3, -0.25) is 4.79 Å². The SMILES string of the molecule is COc1ccc(C(=O)N(Cc2cccn2Cc2ccccc2)C(C)C)c(OC)c1. The molecule has 0 radical (unpaired) electrons. The second-order valence-corrected chi connectivity index (χ2v) is 7.21. The third-order valence-corrected chi connectivity index (χ3v) is 4.97. The topological polar surface area (TPSA) is 43.7 Å². The van der Waals surface area contributed by atoms with E-state index in [1.807, 2.05) is 43.0 Å². The molecule has 0 saturated carbocycles. The molecule has 3 aromatic rings. The lowest BCUT2D eigenvalue weighted by molar-refractivity contribution is 0.0682. The van der Waals surface area contributed by atoms with Crippen LogP contribution in [0.15, 0.2) is 66.9 Å². The second kappa shape index (κ2) is 9.32. The Morgan fingerprint density at radius 1 is 1.00 bits per heavy atom. The quantitative estimate of drug-likeness (QED) is 0.562. The van der Waals surface area contributed by atoms with Crippen LogP contribution in [-0.4, -0.2) is 35.6 Å². The number of carbonyl (C=O) groups is 1. The maximum absolute atomic E-state index is 13.4. The monoisotopic (exact) mass is 392 g/mol. The maximum atomic E-state index is 13.4. The first-order valence-electron chi connectivity index (χ1n) is 9.74. The number of benzene rings is 2. The molecule has 0 N–H and O–H groups in total. The Labute approximate surface area is 172 Å². The van der Waals surface area contributed by atoms with Crippen LogP contribution in [-0.2, 0) is 13.1 Å². The summed E-state index contributed by atoms with van der Waals surface area (Å²) in [6, 6.07) is 19.7. The van der Waals surface area contributed by atoms with E-state index in [1.54, 1.807) is 32.4 Å². The molecular formula is C24H28N2O3. The van der Waals surface area contributed by atoms with Crippen molar-refractivity contribution in [3.8, 4) is 11.5 Å². The standard InChI is InChI=1S/C24H28N2O3/c1-18(2)26(24(27)22-13-12-21(28-3)15-23(22)29-4)17-20-11-8-14-25(20)16-19-9-6-5-7-10-19/h5-15,18H,16-17H2,1-4H3. The molecule has 1 amide bonds. The van der Waals surface area contributed by atoms with E-state index in [4.69, 9.17) is 9.47 Å². The fraction of sp³-hybridized carbons (Fsp3) is 0.292. The summed E-state index contributed by atoms with van der Waals surface area (Å²) in [5, 5.41) is 0. The van der Waals surface area contributed by atoms with Crippen molar-refractivity contribution in [2.45, 2.75) is 33.0 Å². The summed E-state index contributed by atoms with van der Waals surface area (Å²) in [5.41, 5.74) is 2.84. The number of hydrogen-bond donors (Lipinski definition) is 0. The Morgan fingerprint density at radius 2 is 1.76 bits per heavy atom. The molecule has 0 aliphatic rings. The molecular weight excluding hydrogens is 364 g/mol. The van der Waals surface area contributed by atoms with E-state index in [2.05, 4.69) is 29.0 Å². The molecule has 0 fully saturated rings. The first-order chi connectivity index (χ1) is 14.0. The molecule has 0 saturated heterocycles. The lowest BCUT2D eigenvalue weighted by atomic mass is 10.1. The van der Waals surface area contributed by atoms with Crippen LogP contribution in [0.3, 0.4) is 0 Å². The number of amides is 1. The minimum atomic E-state index is -0.0630. The van der Waals surface area contributed by atoms with Gasteiger partial charge in [0.25, 0.3) is 5.91 Å². The van der Waals surface area contributed by atoms with Gasteiger partial charge in [-0.15, -0.1) is 0 Å². The second-order valence-electron chi connectivity index (χ2n) is 7.21. The fourth-order valence-electron chi connectivity index (χ4n) is 3.32. The third-order valence-electron chi connectivity index (χ3n) is 4.97. The summed E-state index contributed by atoms with van der Waals surface area (Å²) in [7, 11) is 3.16. The fourth-order valence-corrected chi connectivity index (χ4v) is 3.32. The van der Waals surface area contributed by atoms with Crippen molar-refractivity contribution in [3.63, 3.8) is 0 Å². The number of carbonyl (C=O) groups excluding carboxylic acids is 1. The van der Waals surface area contributed by atoms with Gasteiger partial charge in [0.15, 0.2) is 0 Å². The molecule has 1 aromatic heterocycles. The van der Waals surface area contributed by atoms with E-state index in [-0.39, 0.29) is 11.9 Å². The molecule has 0 bridgehead atoms. The molecule has 2 aromatic carbocycles. The first kappa shape index (κ1) is 20.5. The molecule has 3 rings (SSSR count). The van der Waals surface area contributed by atoms with E-state index in [0.29, 0.717) is 23.6 Å². The van der Waals surface area contributed by atoms with Crippen LogP contribution in [0, 0.1) is 0 Å². The molecule has 5 heteroatoms. The van der Waals surface area contributed by atoms with E-state index in [1.165, 1.54) is 5.56 Å². The van der Waals surface area contributed by atoms with Gasteiger partial charge in [-0.25, -0.2) is 0 Å². The van der Waals surface area contributed by atoms with Gasteiger partial charge in [0.2, 0.25) is 0 Å². The summed E-state index contributed by atoms with van der Waals surface area (Å²) in [6.07, 6.45) is 2.05. The van der Waals surface area contributed by atoms with Crippen LogP contribution in [0.2, 0.25) is 0 Å². The highest BCUT2D eigenvalue weighted by molar-refractivity contribution is 5.97. The van der Waals surface area contributed by atoms with Crippen molar-refractivity contribution in [2.24, 2.45) is 0 Å². The van der Waals surface area contributed by atoms with Crippen molar-refractivity contribution in [1.29, 1.82) is 0 Å². The van der Waals surface area contributed by atoms with Gasteiger partial charge in [0.1, 0.15) is 11.5 Å². The number of ether oxygens (including phenoxy) is 2. The Hall–Kier alpha value is -3.21. The van der Waals surface area contributed by atoms with Gasteiger partial charge in [-0.1, -0.05) is 30.3 Å². The summed E-state index contributed by atoms with van der Waals surface area (Å²) in [5.74, 6) is 1.11. The summed E-state index contributed by atoms with van der Waals surface area (Å²) in [6.45, 7) is 5.34. The highest BCUT2D eigenvalue weighted by atomic mass is 16.5. The molecule has 0 atom stereocenters. The molecule has 5 nitrogen and oxygen atoms in total. The normalized spacial score (nSPS) is 10.8. The molecule has 0 aliphatic heterocycles. The Balaban J connectivity index is 1.85. The lowest BCUT2D eigenvalue weighted by Crippen LogP contribution is -2.37. The third kappa shape index (κ3) is 4.80. The number of rotatable bonds is 8. The number of aromatic nitrogens is 1. The average Bonchev–Trinajstić information content (AvgIpc) is 3.18. The van der Waals surface area contributed by atoms with E-state index in [9.17, 15) is 4.79 Å². The summed E-state index contributed by atoms with van der Waals surface area (Å²) < 4.78 is 12.9. The van der Waals surface area contributed by atoms with Crippen molar-refractivity contribution < 1.29 is 14.3 Å². The minimum Gasteiger partial charge on any atom is -0.497 e. The lowest BCUT2D eigenvalue weighted by Gasteiger charge is -2.28. The molecule has 1 heterocycles. The van der Waals surface area contributed by atoms with Gasteiger partial charge in [0.05, 0.1) is 26.3 Å². The number of hydrogen-bond acceptors (Lipinski definition) is 3. The molecule has 0 spiro atoms. The molecule has 29 heavy (non-hydrogen) atoms.